The Morgan fingerprint density at radius 3 is 2.53 bits per heavy atom. The zero-order valence-corrected chi connectivity index (χ0v) is 10.2. The van der Waals surface area contributed by atoms with Gasteiger partial charge in [-0.05, 0) is 55.5 Å². The van der Waals surface area contributed by atoms with Gasteiger partial charge in [0.25, 0.3) is 0 Å². The lowest BCUT2D eigenvalue weighted by Gasteiger charge is -2.03. The highest BCUT2D eigenvalue weighted by Gasteiger charge is 2.01. The maximum Gasteiger partial charge on any atom is 0.126 e. The molecule has 0 saturated carbocycles. The second kappa shape index (κ2) is 5.09. The van der Waals surface area contributed by atoms with Crippen LogP contribution in [-0.2, 0) is 12.8 Å². The summed E-state index contributed by atoms with van der Waals surface area (Å²) in [5.74, 6) is -0.126. The summed E-state index contributed by atoms with van der Waals surface area (Å²) in [6.45, 7) is 3.80. The van der Waals surface area contributed by atoms with E-state index < -0.39 is 0 Å². The summed E-state index contributed by atoms with van der Waals surface area (Å²) in [6, 6.07) is 9.50. The minimum absolute atomic E-state index is 0.126. The number of hydrogen-bond acceptors (Lipinski definition) is 1. The number of halogens is 1. The van der Waals surface area contributed by atoms with Crippen LogP contribution in [0, 0.1) is 19.7 Å². The fraction of sp³-hybridized carbons (Fsp3) is 0.267. The number of aromatic nitrogens is 1. The molecule has 1 aromatic heterocycles. The molecule has 2 aromatic rings. The summed E-state index contributed by atoms with van der Waals surface area (Å²) in [6.07, 6.45) is 3.54. The van der Waals surface area contributed by atoms with Crippen molar-refractivity contribution in [2.24, 2.45) is 0 Å². The molecular formula is C15H16FN. The molecule has 0 radical (unpaired) electrons. The van der Waals surface area contributed by atoms with Crippen molar-refractivity contribution in [1.29, 1.82) is 0 Å². The van der Waals surface area contributed by atoms with Gasteiger partial charge in [-0.25, -0.2) is 4.39 Å². The fourth-order valence-electron chi connectivity index (χ4n) is 1.71. The SMILES string of the molecule is Cc1ccc(CCc2ccc(C)c(F)c2)nc1. The highest BCUT2D eigenvalue weighted by Crippen LogP contribution is 2.11. The molecule has 88 valence electrons. The quantitative estimate of drug-likeness (QED) is 0.783. The maximum atomic E-state index is 13.3. The third-order valence-corrected chi connectivity index (χ3v) is 2.88. The van der Waals surface area contributed by atoms with Gasteiger partial charge in [0.05, 0.1) is 0 Å². The lowest BCUT2D eigenvalue weighted by molar-refractivity contribution is 0.616. The summed E-state index contributed by atoms with van der Waals surface area (Å²) < 4.78 is 13.3. The van der Waals surface area contributed by atoms with Crippen LogP contribution in [0.25, 0.3) is 0 Å². The molecule has 0 fully saturated rings. The molecule has 0 amide bonds. The first-order valence-electron chi connectivity index (χ1n) is 5.82. The summed E-state index contributed by atoms with van der Waals surface area (Å²) in [7, 11) is 0. The highest BCUT2D eigenvalue weighted by molar-refractivity contribution is 5.24. The standard InChI is InChI=1S/C15H16FN/c1-11-3-7-14(17-10-11)8-6-13-5-4-12(2)15(16)9-13/h3-5,7,9-10H,6,8H2,1-2H3. The number of nitrogens with zero attached hydrogens (tertiary/aromatic N) is 1. The largest absolute Gasteiger partial charge is 0.261 e. The Bertz CT molecular complexity index is 503. The van der Waals surface area contributed by atoms with Crippen molar-refractivity contribution in [3.8, 4) is 0 Å². The van der Waals surface area contributed by atoms with Crippen LogP contribution in [0.15, 0.2) is 36.5 Å². The van der Waals surface area contributed by atoms with Crippen LogP contribution in [-0.4, -0.2) is 4.98 Å². The molecule has 0 aliphatic carbocycles. The van der Waals surface area contributed by atoms with Crippen molar-refractivity contribution >= 4 is 0 Å². The lowest BCUT2D eigenvalue weighted by atomic mass is 10.1. The Hall–Kier alpha value is -1.70. The van der Waals surface area contributed by atoms with E-state index >= 15 is 0 Å². The number of hydrogen-bond donors (Lipinski definition) is 0. The van der Waals surface area contributed by atoms with E-state index in [-0.39, 0.29) is 5.82 Å². The van der Waals surface area contributed by atoms with Crippen LogP contribution < -0.4 is 0 Å². The van der Waals surface area contributed by atoms with Crippen molar-refractivity contribution in [1.82, 2.24) is 4.98 Å². The molecule has 0 N–H and O–H groups in total. The van der Waals surface area contributed by atoms with Crippen LogP contribution in [0.3, 0.4) is 0 Å². The van der Waals surface area contributed by atoms with Gasteiger partial charge in [0.15, 0.2) is 0 Å². The number of aryl methyl sites for hydroxylation is 4. The molecule has 0 spiro atoms. The van der Waals surface area contributed by atoms with Crippen molar-refractivity contribution < 1.29 is 4.39 Å². The molecule has 2 rings (SSSR count). The van der Waals surface area contributed by atoms with E-state index in [1.54, 1.807) is 13.0 Å². The van der Waals surface area contributed by atoms with Crippen molar-refractivity contribution in [3.63, 3.8) is 0 Å². The van der Waals surface area contributed by atoms with E-state index in [4.69, 9.17) is 0 Å². The highest BCUT2D eigenvalue weighted by atomic mass is 19.1. The average Bonchev–Trinajstić information content (AvgIpc) is 2.33. The summed E-state index contributed by atoms with van der Waals surface area (Å²) in [5, 5.41) is 0. The first-order valence-corrected chi connectivity index (χ1v) is 5.82. The average molecular weight is 229 g/mol. The van der Waals surface area contributed by atoms with Crippen LogP contribution in [0.5, 0.6) is 0 Å². The Morgan fingerprint density at radius 1 is 1.06 bits per heavy atom. The Labute approximate surface area is 101 Å². The molecule has 2 heteroatoms. The molecule has 0 saturated heterocycles. The first-order chi connectivity index (χ1) is 8.15. The third kappa shape index (κ3) is 3.13. The van der Waals surface area contributed by atoms with Gasteiger partial charge >= 0.3 is 0 Å². The van der Waals surface area contributed by atoms with Crippen LogP contribution in [0.4, 0.5) is 4.39 Å². The zero-order chi connectivity index (χ0) is 12.3. The predicted octanol–water partition coefficient (Wildman–Crippen LogP) is 3.62. The number of pyridine rings is 1. The lowest BCUT2D eigenvalue weighted by Crippen LogP contribution is -1.95. The monoisotopic (exact) mass is 229 g/mol. The van der Waals surface area contributed by atoms with E-state index in [9.17, 15) is 4.39 Å². The fourth-order valence-corrected chi connectivity index (χ4v) is 1.71. The number of benzene rings is 1. The zero-order valence-electron chi connectivity index (χ0n) is 10.2. The predicted molar refractivity (Wildman–Crippen MR) is 67.5 cm³/mol. The minimum atomic E-state index is -0.126. The maximum absolute atomic E-state index is 13.3. The van der Waals surface area contributed by atoms with Crippen molar-refractivity contribution in [3.05, 3.63) is 64.7 Å². The molecule has 1 aromatic carbocycles. The van der Waals surface area contributed by atoms with Gasteiger partial charge in [-0.15, -0.1) is 0 Å². The normalized spacial score (nSPS) is 10.5. The molecule has 0 aliphatic heterocycles. The van der Waals surface area contributed by atoms with E-state index in [2.05, 4.69) is 11.1 Å². The first kappa shape index (κ1) is 11.8. The smallest absolute Gasteiger partial charge is 0.126 e. The number of rotatable bonds is 3. The van der Waals surface area contributed by atoms with Gasteiger partial charge in [0.1, 0.15) is 5.82 Å². The van der Waals surface area contributed by atoms with Gasteiger partial charge in [0, 0.05) is 11.9 Å². The van der Waals surface area contributed by atoms with Crippen molar-refractivity contribution in [2.75, 3.05) is 0 Å². The molecule has 1 nitrogen and oxygen atoms in total. The van der Waals surface area contributed by atoms with Gasteiger partial charge in [0.2, 0.25) is 0 Å². The molecule has 0 bridgehead atoms. The molecule has 1 heterocycles. The minimum Gasteiger partial charge on any atom is -0.261 e. The second-order valence-electron chi connectivity index (χ2n) is 4.41. The molecular weight excluding hydrogens is 213 g/mol. The van der Waals surface area contributed by atoms with Gasteiger partial charge < -0.3 is 0 Å². The second-order valence-corrected chi connectivity index (χ2v) is 4.41. The van der Waals surface area contributed by atoms with Crippen LogP contribution >= 0.6 is 0 Å². The van der Waals surface area contributed by atoms with Crippen molar-refractivity contribution in [2.45, 2.75) is 26.7 Å². The molecule has 0 unspecified atom stereocenters. The van der Waals surface area contributed by atoms with E-state index in [0.717, 1.165) is 29.7 Å². The van der Waals surface area contributed by atoms with E-state index in [0.29, 0.717) is 5.56 Å². The molecule has 0 atom stereocenters. The molecule has 0 aliphatic rings. The Kier molecular flexibility index (Phi) is 3.52. The van der Waals surface area contributed by atoms with Crippen LogP contribution in [0.2, 0.25) is 0 Å². The summed E-state index contributed by atoms with van der Waals surface area (Å²) in [5.41, 5.74) is 3.93. The topological polar surface area (TPSA) is 12.9 Å². The summed E-state index contributed by atoms with van der Waals surface area (Å²) >= 11 is 0. The van der Waals surface area contributed by atoms with Gasteiger partial charge in [-0.1, -0.05) is 18.2 Å². The van der Waals surface area contributed by atoms with Gasteiger partial charge in [-0.3, -0.25) is 4.98 Å². The molecule has 17 heavy (non-hydrogen) atoms. The Balaban J connectivity index is 2.02. The van der Waals surface area contributed by atoms with E-state index in [1.807, 2.05) is 31.3 Å². The Morgan fingerprint density at radius 2 is 1.88 bits per heavy atom. The van der Waals surface area contributed by atoms with Crippen LogP contribution in [0.1, 0.15) is 22.4 Å². The third-order valence-electron chi connectivity index (χ3n) is 2.88. The van der Waals surface area contributed by atoms with Gasteiger partial charge in [-0.2, -0.15) is 0 Å². The summed E-state index contributed by atoms with van der Waals surface area (Å²) in [4.78, 5) is 4.34. The van der Waals surface area contributed by atoms with E-state index in [1.165, 1.54) is 0 Å².